The second-order valence-electron chi connectivity index (χ2n) is 8.28. The molecule has 1 aromatic carbocycles. The number of aliphatic hydroxyl groups is 1. The highest BCUT2D eigenvalue weighted by molar-refractivity contribution is 5.95. The Morgan fingerprint density at radius 1 is 1.41 bits per heavy atom. The van der Waals surface area contributed by atoms with E-state index in [1.807, 2.05) is 6.92 Å². The molecule has 0 aromatic heterocycles. The lowest BCUT2D eigenvalue weighted by atomic mass is 9.87. The van der Waals surface area contributed by atoms with Crippen LogP contribution in [-0.2, 0) is 16.1 Å². The molecule has 1 aliphatic heterocycles. The highest BCUT2D eigenvalue weighted by Crippen LogP contribution is 2.34. The van der Waals surface area contributed by atoms with Gasteiger partial charge in [0, 0.05) is 61.9 Å². The Morgan fingerprint density at radius 3 is 2.72 bits per heavy atom. The summed E-state index contributed by atoms with van der Waals surface area (Å²) in [5.74, 6) is -0.687. The first-order chi connectivity index (χ1) is 15.2. The Labute approximate surface area is 189 Å². The molecule has 172 valence electrons. The molecule has 2 N–H and O–H groups in total. The van der Waals surface area contributed by atoms with Crippen molar-refractivity contribution in [2.45, 2.75) is 45.4 Å². The molecule has 0 unspecified atom stereocenters. The SMILES string of the molecule is C=C(NCc1cccc(C)c1F)C1=CN(C)C(C(=O)N(CC)[C@H]2C[C@@H](OC)C2)=C(O)C1=C. The predicted octanol–water partition coefficient (Wildman–Crippen LogP) is 3.92. The molecule has 1 amide bonds. The van der Waals surface area contributed by atoms with E-state index >= 15 is 0 Å². The number of ether oxygens (including phenoxy) is 1. The van der Waals surface area contributed by atoms with Crippen LogP contribution in [0.4, 0.5) is 4.39 Å². The Kier molecular flexibility index (Phi) is 7.09. The van der Waals surface area contributed by atoms with Gasteiger partial charge in [-0.05, 0) is 32.3 Å². The van der Waals surface area contributed by atoms with Gasteiger partial charge in [0.05, 0.1) is 6.10 Å². The summed E-state index contributed by atoms with van der Waals surface area (Å²) in [6.45, 7) is 12.4. The first kappa shape index (κ1) is 23.6. The second-order valence-corrected chi connectivity index (χ2v) is 8.28. The molecule has 7 heteroatoms. The van der Waals surface area contributed by atoms with Crippen LogP contribution < -0.4 is 5.32 Å². The molecule has 1 heterocycles. The molecular formula is C25H32FN3O3. The molecule has 6 nitrogen and oxygen atoms in total. The smallest absolute Gasteiger partial charge is 0.274 e. The zero-order chi connectivity index (χ0) is 23.6. The average Bonchev–Trinajstić information content (AvgIpc) is 2.73. The third-order valence-electron chi connectivity index (χ3n) is 6.25. The van der Waals surface area contributed by atoms with E-state index in [9.17, 15) is 14.3 Å². The Bertz CT molecular complexity index is 992. The fourth-order valence-corrected chi connectivity index (χ4v) is 4.12. The van der Waals surface area contributed by atoms with Gasteiger partial charge in [-0.1, -0.05) is 31.4 Å². The molecule has 2 aliphatic rings. The predicted molar refractivity (Wildman–Crippen MR) is 123 cm³/mol. The van der Waals surface area contributed by atoms with E-state index in [1.165, 1.54) is 0 Å². The fraction of sp³-hybridized carbons (Fsp3) is 0.400. The van der Waals surface area contributed by atoms with Crippen LogP contribution in [0.2, 0.25) is 0 Å². The first-order valence-corrected chi connectivity index (χ1v) is 10.8. The maximum absolute atomic E-state index is 14.3. The van der Waals surface area contributed by atoms with Gasteiger partial charge in [0.25, 0.3) is 5.91 Å². The maximum Gasteiger partial charge on any atom is 0.274 e. The number of aryl methyl sites for hydroxylation is 1. The van der Waals surface area contributed by atoms with E-state index in [0.717, 1.165) is 12.8 Å². The summed E-state index contributed by atoms with van der Waals surface area (Å²) in [6.07, 6.45) is 3.45. The number of nitrogens with one attached hydrogen (secondary N) is 1. The minimum absolute atomic E-state index is 0.0886. The van der Waals surface area contributed by atoms with Crippen molar-refractivity contribution in [2.75, 3.05) is 20.7 Å². The van der Waals surface area contributed by atoms with Crippen LogP contribution in [0.3, 0.4) is 0 Å². The van der Waals surface area contributed by atoms with Crippen LogP contribution in [0.25, 0.3) is 0 Å². The number of hydrogen-bond donors (Lipinski definition) is 2. The van der Waals surface area contributed by atoms with E-state index in [2.05, 4.69) is 18.5 Å². The number of nitrogens with zero attached hydrogens (tertiary/aromatic N) is 2. The number of hydrogen-bond acceptors (Lipinski definition) is 5. The van der Waals surface area contributed by atoms with Crippen molar-refractivity contribution in [1.29, 1.82) is 0 Å². The number of carbonyl (C=O) groups excluding carboxylic acids is 1. The molecule has 1 fully saturated rings. The third kappa shape index (κ3) is 4.43. The summed E-state index contributed by atoms with van der Waals surface area (Å²) in [7, 11) is 3.38. The largest absolute Gasteiger partial charge is 0.505 e. The van der Waals surface area contributed by atoms with Gasteiger partial charge in [-0.2, -0.15) is 0 Å². The van der Waals surface area contributed by atoms with Gasteiger partial charge < -0.3 is 25.0 Å². The summed E-state index contributed by atoms with van der Waals surface area (Å²) in [6, 6.07) is 5.31. The molecule has 0 atom stereocenters. The first-order valence-electron chi connectivity index (χ1n) is 10.8. The number of carbonyl (C=O) groups is 1. The van der Waals surface area contributed by atoms with Crippen molar-refractivity contribution in [1.82, 2.24) is 15.1 Å². The average molecular weight is 442 g/mol. The quantitative estimate of drug-likeness (QED) is 0.640. The van der Waals surface area contributed by atoms with Crippen LogP contribution >= 0.6 is 0 Å². The number of rotatable bonds is 8. The van der Waals surface area contributed by atoms with Crippen molar-refractivity contribution in [3.8, 4) is 0 Å². The lowest BCUT2D eigenvalue weighted by Gasteiger charge is -2.43. The third-order valence-corrected chi connectivity index (χ3v) is 6.25. The summed E-state index contributed by atoms with van der Waals surface area (Å²) in [5.41, 5.74) is 2.61. The van der Waals surface area contributed by atoms with Gasteiger partial charge in [-0.15, -0.1) is 0 Å². The van der Waals surface area contributed by atoms with Crippen LogP contribution in [0.5, 0.6) is 0 Å². The van der Waals surface area contributed by atoms with Crippen LogP contribution in [-0.4, -0.2) is 53.7 Å². The molecular weight excluding hydrogens is 409 g/mol. The molecule has 1 saturated carbocycles. The van der Waals surface area contributed by atoms with Crippen molar-refractivity contribution in [2.24, 2.45) is 0 Å². The number of benzene rings is 1. The van der Waals surface area contributed by atoms with Crippen molar-refractivity contribution in [3.63, 3.8) is 0 Å². The molecule has 32 heavy (non-hydrogen) atoms. The number of halogens is 1. The molecule has 0 radical (unpaired) electrons. The Morgan fingerprint density at radius 2 is 2.09 bits per heavy atom. The van der Waals surface area contributed by atoms with Crippen molar-refractivity contribution >= 4 is 5.91 Å². The standard InChI is InChI=1S/C25H32FN3O3/c1-7-29(19-11-20(12-19)32-6)25(31)23-24(30)16(3)21(14-28(23)5)17(4)27-13-18-10-8-9-15(2)22(18)26/h8-10,14,19-20,27,30H,3-4,7,11-13H2,1-2,5-6H3/t19-,20+. The molecule has 0 saturated heterocycles. The minimum atomic E-state index is -0.261. The molecule has 1 aromatic rings. The number of amides is 1. The van der Waals surface area contributed by atoms with E-state index in [1.54, 1.807) is 55.3 Å². The summed E-state index contributed by atoms with van der Waals surface area (Å²) < 4.78 is 19.6. The second kappa shape index (κ2) is 9.61. The minimum Gasteiger partial charge on any atom is -0.505 e. The number of methoxy groups -OCH3 is 1. The Hall–Kier alpha value is -3.06. The lowest BCUT2D eigenvalue weighted by Crippen LogP contribution is -2.52. The highest BCUT2D eigenvalue weighted by atomic mass is 19.1. The molecule has 3 rings (SSSR count). The van der Waals surface area contributed by atoms with Crippen molar-refractivity contribution < 1.29 is 19.0 Å². The van der Waals surface area contributed by atoms with Gasteiger partial charge in [0.15, 0.2) is 5.76 Å². The maximum atomic E-state index is 14.3. The number of allylic oxidation sites excluding steroid dienone is 2. The fourth-order valence-electron chi connectivity index (χ4n) is 4.12. The van der Waals surface area contributed by atoms with E-state index in [4.69, 9.17) is 4.74 Å². The summed E-state index contributed by atoms with van der Waals surface area (Å²) >= 11 is 0. The normalized spacial score (nSPS) is 20.6. The molecule has 0 bridgehead atoms. The van der Waals surface area contributed by atoms with E-state index < -0.39 is 0 Å². The van der Waals surface area contributed by atoms with Gasteiger partial charge >= 0.3 is 0 Å². The van der Waals surface area contributed by atoms with Crippen molar-refractivity contribution in [3.05, 3.63) is 82.8 Å². The van der Waals surface area contributed by atoms with Gasteiger partial charge in [-0.25, -0.2) is 4.39 Å². The number of aliphatic hydroxyl groups excluding tert-OH is 1. The zero-order valence-corrected chi connectivity index (χ0v) is 19.2. The van der Waals surface area contributed by atoms with Crippen LogP contribution in [0, 0.1) is 12.7 Å². The highest BCUT2D eigenvalue weighted by Gasteiger charge is 2.39. The van der Waals surface area contributed by atoms with E-state index in [0.29, 0.717) is 34.5 Å². The van der Waals surface area contributed by atoms with Gasteiger partial charge in [0.1, 0.15) is 11.5 Å². The summed E-state index contributed by atoms with van der Waals surface area (Å²) in [5, 5.41) is 14.0. The molecule has 1 aliphatic carbocycles. The van der Waals surface area contributed by atoms with Gasteiger partial charge in [-0.3, -0.25) is 4.79 Å². The lowest BCUT2D eigenvalue weighted by molar-refractivity contribution is -0.135. The topological polar surface area (TPSA) is 65.0 Å². The molecule has 0 spiro atoms. The zero-order valence-electron chi connectivity index (χ0n) is 19.2. The van der Waals surface area contributed by atoms with Crippen LogP contribution in [0.15, 0.2) is 65.9 Å². The van der Waals surface area contributed by atoms with Gasteiger partial charge in [0.2, 0.25) is 0 Å². The van der Waals surface area contributed by atoms with E-state index in [-0.39, 0.29) is 41.9 Å². The number of likely N-dealkylation sites (N-methyl/N-ethyl adjacent to an activating group) is 2. The summed E-state index contributed by atoms with van der Waals surface area (Å²) in [4.78, 5) is 16.6. The van der Waals surface area contributed by atoms with Crippen LogP contribution in [0.1, 0.15) is 30.9 Å². The Balaban J connectivity index is 1.73. The monoisotopic (exact) mass is 441 g/mol.